The average molecular weight is 485 g/mol. The highest BCUT2D eigenvalue weighted by Crippen LogP contribution is 2.40. The van der Waals surface area contributed by atoms with Crippen LogP contribution in [0, 0.1) is 10.8 Å². The highest BCUT2D eigenvalue weighted by atomic mass is 32.2. The normalized spacial score (nSPS) is 17.5. The van der Waals surface area contributed by atoms with E-state index in [2.05, 4.69) is 9.44 Å². The Bertz CT molecular complexity index is 830. The van der Waals surface area contributed by atoms with E-state index >= 15 is 0 Å². The van der Waals surface area contributed by atoms with E-state index in [1.807, 2.05) is 48.5 Å². The molecule has 0 heterocycles. The molecule has 0 fully saturated rings. The molecule has 7 nitrogen and oxygen atoms in total. The fourth-order valence-corrected chi connectivity index (χ4v) is 5.35. The highest BCUT2D eigenvalue weighted by Gasteiger charge is 2.48. The number of nitrogens with one attached hydrogen (secondary N) is 2. The molecule has 0 aliphatic heterocycles. The second-order valence-corrected chi connectivity index (χ2v) is 17.6. The van der Waals surface area contributed by atoms with E-state index in [9.17, 15) is 21.9 Å². The number of sulfonamides is 2. The van der Waals surface area contributed by atoms with Crippen molar-refractivity contribution in [3.05, 3.63) is 0 Å². The molecular weight excluding hydrogens is 436 g/mol. The molecule has 3 N–H and O–H groups in total. The first kappa shape index (κ1) is 30.8. The van der Waals surface area contributed by atoms with E-state index in [0.29, 0.717) is 12.8 Å². The lowest BCUT2D eigenvalue weighted by Gasteiger charge is -2.46. The van der Waals surface area contributed by atoms with Gasteiger partial charge in [-0.2, -0.15) is 0 Å². The smallest absolute Gasteiger partial charge is 0.217 e. The maximum atomic E-state index is 13.2. The highest BCUT2D eigenvalue weighted by molar-refractivity contribution is 7.91. The van der Waals surface area contributed by atoms with Gasteiger partial charge >= 0.3 is 0 Å². The SMILES string of the molecule is CC(C)(C)C(C)(C)NS(=O)(=O)C(C)(C)CCC(C)(C)[C@@](C)(CO)NS(=O)(=O)C(C)(C)C. The van der Waals surface area contributed by atoms with Gasteiger partial charge in [0.2, 0.25) is 20.0 Å². The summed E-state index contributed by atoms with van der Waals surface area (Å²) in [6.07, 6.45) is 0.684. The summed E-state index contributed by atoms with van der Waals surface area (Å²) in [7, 11) is -7.40. The summed E-state index contributed by atoms with van der Waals surface area (Å²) in [5.74, 6) is 0. The Balaban J connectivity index is 5.78. The first-order chi connectivity index (χ1) is 13.2. The molecule has 0 aromatic heterocycles. The van der Waals surface area contributed by atoms with Crippen LogP contribution in [-0.4, -0.2) is 49.1 Å². The molecule has 0 aromatic carbocycles. The van der Waals surface area contributed by atoms with E-state index in [1.165, 1.54) is 0 Å². The van der Waals surface area contributed by atoms with Crippen LogP contribution in [0.4, 0.5) is 0 Å². The molecule has 188 valence electrons. The van der Waals surface area contributed by atoms with E-state index in [0.717, 1.165) is 0 Å². The van der Waals surface area contributed by atoms with Crippen LogP contribution in [0.15, 0.2) is 0 Å². The number of aliphatic hydroxyl groups is 1. The van der Waals surface area contributed by atoms with Gasteiger partial charge in [-0.3, -0.25) is 0 Å². The first-order valence-electron chi connectivity index (χ1n) is 10.9. The van der Waals surface area contributed by atoms with E-state index < -0.39 is 52.6 Å². The molecule has 0 amide bonds. The maximum Gasteiger partial charge on any atom is 0.217 e. The van der Waals surface area contributed by atoms with Crippen molar-refractivity contribution in [3.8, 4) is 0 Å². The van der Waals surface area contributed by atoms with Gasteiger partial charge in [0.05, 0.1) is 21.6 Å². The second-order valence-electron chi connectivity index (χ2n) is 12.8. The molecule has 0 unspecified atom stereocenters. The number of rotatable bonds is 10. The standard InChI is InChI=1S/C22H48N2O5S2/c1-17(2,3)21(11,12)23-31(28,29)20(9,10)15-14-19(7,8)22(13,16-25)24-30(26,27)18(4,5)6/h23-25H,14-16H2,1-13H3/t22-/m1/s1. The Labute approximate surface area is 192 Å². The molecule has 0 saturated heterocycles. The molecule has 0 aliphatic rings. The van der Waals surface area contributed by atoms with Gasteiger partial charge in [-0.05, 0) is 79.1 Å². The number of hydrogen-bond acceptors (Lipinski definition) is 5. The van der Waals surface area contributed by atoms with E-state index in [4.69, 9.17) is 0 Å². The molecule has 0 aromatic rings. The Hall–Kier alpha value is -0.220. The third kappa shape index (κ3) is 6.88. The molecule has 0 aliphatic carbocycles. The van der Waals surface area contributed by atoms with Crippen LogP contribution < -0.4 is 9.44 Å². The minimum absolute atomic E-state index is 0.282. The van der Waals surface area contributed by atoms with Crippen LogP contribution in [0.25, 0.3) is 0 Å². The molecule has 31 heavy (non-hydrogen) atoms. The molecule has 9 heteroatoms. The maximum absolute atomic E-state index is 13.2. The predicted molar refractivity (Wildman–Crippen MR) is 130 cm³/mol. The zero-order chi connectivity index (χ0) is 25.5. The molecule has 0 bridgehead atoms. The van der Waals surface area contributed by atoms with Crippen LogP contribution >= 0.6 is 0 Å². The number of aliphatic hydroxyl groups excluding tert-OH is 1. The Kier molecular flexibility index (Phi) is 8.79. The zero-order valence-electron chi connectivity index (χ0n) is 22.0. The van der Waals surface area contributed by atoms with Crippen molar-refractivity contribution in [2.75, 3.05) is 6.61 Å². The Morgan fingerprint density at radius 1 is 0.645 bits per heavy atom. The van der Waals surface area contributed by atoms with Gasteiger partial charge < -0.3 is 5.11 Å². The van der Waals surface area contributed by atoms with Crippen LogP contribution in [0.3, 0.4) is 0 Å². The van der Waals surface area contributed by atoms with Crippen LogP contribution in [0.2, 0.25) is 0 Å². The van der Waals surface area contributed by atoms with E-state index in [-0.39, 0.29) is 5.41 Å². The van der Waals surface area contributed by atoms with E-state index in [1.54, 1.807) is 41.5 Å². The van der Waals surface area contributed by atoms with Crippen molar-refractivity contribution >= 4 is 20.0 Å². The zero-order valence-corrected chi connectivity index (χ0v) is 23.7. The third-order valence-corrected chi connectivity index (χ3v) is 12.1. The quantitative estimate of drug-likeness (QED) is 0.437. The minimum atomic E-state index is -3.71. The summed E-state index contributed by atoms with van der Waals surface area (Å²) in [6, 6.07) is 0. The molecule has 0 rings (SSSR count). The molecule has 0 saturated carbocycles. The minimum Gasteiger partial charge on any atom is -0.394 e. The van der Waals surface area contributed by atoms with Gasteiger partial charge in [0, 0.05) is 5.54 Å². The summed E-state index contributed by atoms with van der Waals surface area (Å²) in [4.78, 5) is 0. The second kappa shape index (κ2) is 8.85. The van der Waals surface area contributed by atoms with Gasteiger partial charge in [-0.15, -0.1) is 0 Å². The lowest BCUT2D eigenvalue weighted by atomic mass is 9.70. The van der Waals surface area contributed by atoms with Gasteiger partial charge in [0.1, 0.15) is 0 Å². The largest absolute Gasteiger partial charge is 0.394 e. The summed E-state index contributed by atoms with van der Waals surface area (Å²) >= 11 is 0. The average Bonchev–Trinajstić information content (AvgIpc) is 2.49. The van der Waals surface area contributed by atoms with Crippen LogP contribution in [-0.2, 0) is 20.0 Å². The van der Waals surface area contributed by atoms with Crippen LogP contribution in [0.5, 0.6) is 0 Å². The van der Waals surface area contributed by atoms with Crippen molar-refractivity contribution in [3.63, 3.8) is 0 Å². The molecular formula is C22H48N2O5S2. The van der Waals surface area contributed by atoms with Gasteiger partial charge in [0.25, 0.3) is 0 Å². The van der Waals surface area contributed by atoms with Gasteiger partial charge in [-0.25, -0.2) is 26.3 Å². The van der Waals surface area contributed by atoms with Crippen molar-refractivity contribution in [1.29, 1.82) is 0 Å². The number of hydrogen-bond donors (Lipinski definition) is 3. The third-order valence-electron chi connectivity index (χ3n) is 7.32. The van der Waals surface area contributed by atoms with Crippen molar-refractivity contribution < 1.29 is 21.9 Å². The van der Waals surface area contributed by atoms with Crippen LogP contribution in [0.1, 0.15) is 103 Å². The molecule has 0 radical (unpaired) electrons. The fraction of sp³-hybridized carbons (Fsp3) is 1.00. The van der Waals surface area contributed by atoms with Crippen molar-refractivity contribution in [1.82, 2.24) is 9.44 Å². The lowest BCUT2D eigenvalue weighted by Crippen LogP contribution is -2.61. The lowest BCUT2D eigenvalue weighted by molar-refractivity contribution is 0.0710. The Morgan fingerprint density at radius 2 is 1.06 bits per heavy atom. The molecule has 1 atom stereocenters. The summed E-state index contributed by atoms with van der Waals surface area (Å²) in [5.41, 5.74) is -2.81. The Morgan fingerprint density at radius 3 is 1.39 bits per heavy atom. The fourth-order valence-electron chi connectivity index (χ4n) is 2.49. The topological polar surface area (TPSA) is 113 Å². The van der Waals surface area contributed by atoms with Crippen molar-refractivity contribution in [2.45, 2.75) is 123 Å². The monoisotopic (exact) mass is 484 g/mol. The molecule has 0 spiro atoms. The van der Waals surface area contributed by atoms with Gasteiger partial charge in [-0.1, -0.05) is 34.6 Å². The first-order valence-corrected chi connectivity index (χ1v) is 13.8. The summed E-state index contributed by atoms with van der Waals surface area (Å²) in [5, 5.41) is 10.1. The summed E-state index contributed by atoms with van der Waals surface area (Å²) < 4.78 is 55.4. The summed E-state index contributed by atoms with van der Waals surface area (Å²) in [6.45, 7) is 22.8. The van der Waals surface area contributed by atoms with Gasteiger partial charge in [0.15, 0.2) is 0 Å². The predicted octanol–water partition coefficient (Wildman–Crippen LogP) is 3.78. The van der Waals surface area contributed by atoms with Crippen molar-refractivity contribution in [2.24, 2.45) is 10.8 Å².